The second kappa shape index (κ2) is 6.83. The molecule has 100 valence electrons. The SMILES string of the molecule is CC(Oc1ccc(Cl)cc1Cl)C(=O)N[C@H](C)CO. The Labute approximate surface area is 116 Å². The van der Waals surface area contributed by atoms with Gasteiger partial charge in [0.15, 0.2) is 6.10 Å². The second-order valence-electron chi connectivity index (χ2n) is 3.93. The molecule has 0 fully saturated rings. The summed E-state index contributed by atoms with van der Waals surface area (Å²) in [6, 6.07) is 4.46. The Hall–Kier alpha value is -0.970. The van der Waals surface area contributed by atoms with Crippen LogP contribution in [0, 0.1) is 0 Å². The highest BCUT2D eigenvalue weighted by Crippen LogP contribution is 2.28. The van der Waals surface area contributed by atoms with Crippen molar-refractivity contribution in [3.8, 4) is 5.75 Å². The van der Waals surface area contributed by atoms with E-state index >= 15 is 0 Å². The smallest absolute Gasteiger partial charge is 0.261 e. The number of nitrogens with one attached hydrogen (secondary N) is 1. The van der Waals surface area contributed by atoms with Crippen LogP contribution in [0.15, 0.2) is 18.2 Å². The van der Waals surface area contributed by atoms with Crippen molar-refractivity contribution in [1.82, 2.24) is 5.32 Å². The number of amides is 1. The van der Waals surface area contributed by atoms with Gasteiger partial charge in [-0.1, -0.05) is 23.2 Å². The van der Waals surface area contributed by atoms with E-state index < -0.39 is 6.10 Å². The maximum absolute atomic E-state index is 11.7. The van der Waals surface area contributed by atoms with Gasteiger partial charge in [0.2, 0.25) is 0 Å². The number of hydrogen-bond donors (Lipinski definition) is 2. The summed E-state index contributed by atoms with van der Waals surface area (Å²) in [6.45, 7) is 3.17. The summed E-state index contributed by atoms with van der Waals surface area (Å²) < 4.78 is 5.42. The minimum atomic E-state index is -0.710. The van der Waals surface area contributed by atoms with E-state index in [2.05, 4.69) is 5.32 Å². The maximum atomic E-state index is 11.7. The zero-order valence-corrected chi connectivity index (χ0v) is 11.6. The first kappa shape index (κ1) is 15.1. The zero-order chi connectivity index (χ0) is 13.7. The number of carbonyl (C=O) groups excluding carboxylic acids is 1. The molecule has 0 saturated heterocycles. The number of ether oxygens (including phenoxy) is 1. The van der Waals surface area contributed by atoms with E-state index in [1.165, 1.54) is 0 Å². The summed E-state index contributed by atoms with van der Waals surface area (Å²) in [7, 11) is 0. The van der Waals surface area contributed by atoms with Gasteiger partial charge in [-0.3, -0.25) is 4.79 Å². The van der Waals surface area contributed by atoms with Crippen molar-refractivity contribution in [2.75, 3.05) is 6.61 Å². The third-order valence-corrected chi connectivity index (χ3v) is 2.76. The number of benzene rings is 1. The van der Waals surface area contributed by atoms with E-state index in [0.717, 1.165) is 0 Å². The lowest BCUT2D eigenvalue weighted by atomic mass is 10.3. The van der Waals surface area contributed by atoms with Crippen molar-refractivity contribution in [3.63, 3.8) is 0 Å². The van der Waals surface area contributed by atoms with E-state index in [-0.39, 0.29) is 18.6 Å². The first-order chi connectivity index (χ1) is 8.43. The lowest BCUT2D eigenvalue weighted by Gasteiger charge is -2.18. The first-order valence-electron chi connectivity index (χ1n) is 5.47. The number of hydrogen-bond acceptors (Lipinski definition) is 3. The van der Waals surface area contributed by atoms with Crippen LogP contribution in [-0.4, -0.2) is 29.8 Å². The fraction of sp³-hybridized carbons (Fsp3) is 0.417. The molecule has 18 heavy (non-hydrogen) atoms. The Kier molecular flexibility index (Phi) is 5.72. The monoisotopic (exact) mass is 291 g/mol. The molecular formula is C12H15Cl2NO3. The average molecular weight is 292 g/mol. The molecule has 0 saturated carbocycles. The van der Waals surface area contributed by atoms with Gasteiger partial charge in [-0.25, -0.2) is 0 Å². The molecule has 1 aromatic carbocycles. The Balaban J connectivity index is 2.63. The molecule has 0 aliphatic rings. The molecule has 4 nitrogen and oxygen atoms in total. The number of aliphatic hydroxyl groups is 1. The molecule has 1 rings (SSSR count). The lowest BCUT2D eigenvalue weighted by Crippen LogP contribution is -2.42. The Morgan fingerprint density at radius 1 is 1.44 bits per heavy atom. The fourth-order valence-corrected chi connectivity index (χ4v) is 1.67. The molecule has 1 aromatic rings. The summed E-state index contributed by atoms with van der Waals surface area (Å²) >= 11 is 11.7. The summed E-state index contributed by atoms with van der Waals surface area (Å²) in [5, 5.41) is 12.3. The van der Waals surface area contributed by atoms with E-state index in [1.807, 2.05) is 0 Å². The van der Waals surface area contributed by atoms with E-state index in [0.29, 0.717) is 15.8 Å². The van der Waals surface area contributed by atoms with Crippen LogP contribution in [0.5, 0.6) is 5.75 Å². The van der Waals surface area contributed by atoms with Gasteiger partial charge in [-0.2, -0.15) is 0 Å². The third-order valence-electron chi connectivity index (χ3n) is 2.23. The number of halogens is 2. The minimum Gasteiger partial charge on any atom is -0.479 e. The summed E-state index contributed by atoms with van der Waals surface area (Å²) in [5.74, 6) is 0.0722. The summed E-state index contributed by atoms with van der Waals surface area (Å²) in [6.07, 6.45) is -0.710. The highest BCUT2D eigenvalue weighted by Gasteiger charge is 2.17. The predicted molar refractivity (Wildman–Crippen MR) is 71.2 cm³/mol. The molecule has 0 aromatic heterocycles. The fourth-order valence-electron chi connectivity index (χ4n) is 1.22. The molecular weight excluding hydrogens is 277 g/mol. The highest BCUT2D eigenvalue weighted by molar-refractivity contribution is 6.35. The molecule has 0 aliphatic carbocycles. The van der Waals surface area contributed by atoms with Gasteiger partial charge in [0.1, 0.15) is 5.75 Å². The van der Waals surface area contributed by atoms with Crippen LogP contribution in [0.25, 0.3) is 0 Å². The van der Waals surface area contributed by atoms with Gasteiger partial charge in [0.05, 0.1) is 11.6 Å². The molecule has 1 unspecified atom stereocenters. The van der Waals surface area contributed by atoms with E-state index in [4.69, 9.17) is 33.0 Å². The lowest BCUT2D eigenvalue weighted by molar-refractivity contribution is -0.128. The van der Waals surface area contributed by atoms with Gasteiger partial charge in [-0.15, -0.1) is 0 Å². The van der Waals surface area contributed by atoms with Crippen LogP contribution < -0.4 is 10.1 Å². The van der Waals surface area contributed by atoms with Crippen LogP contribution in [-0.2, 0) is 4.79 Å². The van der Waals surface area contributed by atoms with Gasteiger partial charge in [0, 0.05) is 11.1 Å². The van der Waals surface area contributed by atoms with Crippen LogP contribution in [0.2, 0.25) is 10.0 Å². The summed E-state index contributed by atoms with van der Waals surface area (Å²) in [5.41, 5.74) is 0. The molecule has 1 amide bonds. The minimum absolute atomic E-state index is 0.125. The van der Waals surface area contributed by atoms with Crippen molar-refractivity contribution >= 4 is 29.1 Å². The van der Waals surface area contributed by atoms with Gasteiger partial charge in [-0.05, 0) is 32.0 Å². The van der Waals surface area contributed by atoms with Gasteiger partial charge in [0.25, 0.3) is 5.91 Å². The standard InChI is InChI=1S/C12H15Cl2NO3/c1-7(6-16)15-12(17)8(2)18-11-4-3-9(13)5-10(11)14/h3-5,7-8,16H,6H2,1-2H3,(H,15,17)/t7-,8?/m1/s1. The first-order valence-corrected chi connectivity index (χ1v) is 6.22. The van der Waals surface area contributed by atoms with Crippen molar-refractivity contribution < 1.29 is 14.6 Å². The molecule has 2 N–H and O–H groups in total. The molecule has 0 radical (unpaired) electrons. The van der Waals surface area contributed by atoms with Crippen LogP contribution in [0.1, 0.15) is 13.8 Å². The largest absolute Gasteiger partial charge is 0.479 e. The summed E-state index contributed by atoms with van der Waals surface area (Å²) in [4.78, 5) is 11.7. The topological polar surface area (TPSA) is 58.6 Å². The number of carbonyl (C=O) groups is 1. The van der Waals surface area contributed by atoms with Gasteiger partial charge >= 0.3 is 0 Å². The Morgan fingerprint density at radius 3 is 2.67 bits per heavy atom. The van der Waals surface area contributed by atoms with Crippen molar-refractivity contribution in [1.29, 1.82) is 0 Å². The highest BCUT2D eigenvalue weighted by atomic mass is 35.5. The van der Waals surface area contributed by atoms with Crippen molar-refractivity contribution in [2.45, 2.75) is 26.0 Å². The second-order valence-corrected chi connectivity index (χ2v) is 4.77. The zero-order valence-electron chi connectivity index (χ0n) is 10.1. The molecule has 0 heterocycles. The molecule has 0 spiro atoms. The van der Waals surface area contributed by atoms with E-state index in [9.17, 15) is 4.79 Å². The van der Waals surface area contributed by atoms with Crippen LogP contribution in [0.4, 0.5) is 0 Å². The number of aliphatic hydroxyl groups excluding tert-OH is 1. The maximum Gasteiger partial charge on any atom is 0.261 e. The third kappa shape index (κ3) is 4.37. The quantitative estimate of drug-likeness (QED) is 0.875. The van der Waals surface area contributed by atoms with Gasteiger partial charge < -0.3 is 15.2 Å². The molecule has 0 aliphatic heterocycles. The average Bonchev–Trinajstić information content (AvgIpc) is 2.32. The van der Waals surface area contributed by atoms with Crippen LogP contribution in [0.3, 0.4) is 0 Å². The predicted octanol–water partition coefficient (Wildman–Crippen LogP) is 2.26. The van der Waals surface area contributed by atoms with Crippen molar-refractivity contribution in [3.05, 3.63) is 28.2 Å². The van der Waals surface area contributed by atoms with Crippen molar-refractivity contribution in [2.24, 2.45) is 0 Å². The number of rotatable bonds is 5. The molecule has 2 atom stereocenters. The Morgan fingerprint density at radius 2 is 2.11 bits per heavy atom. The molecule has 0 bridgehead atoms. The normalized spacial score (nSPS) is 13.8. The Bertz CT molecular complexity index is 426. The van der Waals surface area contributed by atoms with E-state index in [1.54, 1.807) is 32.0 Å². The van der Waals surface area contributed by atoms with Crippen LogP contribution >= 0.6 is 23.2 Å². The molecule has 6 heteroatoms.